The number of rotatable bonds is 5. The summed E-state index contributed by atoms with van der Waals surface area (Å²) >= 11 is 0. The highest BCUT2D eigenvalue weighted by atomic mass is 16.5. The van der Waals surface area contributed by atoms with Crippen molar-refractivity contribution in [2.45, 2.75) is 6.10 Å². The summed E-state index contributed by atoms with van der Waals surface area (Å²) < 4.78 is 7.03. The summed E-state index contributed by atoms with van der Waals surface area (Å²) in [5, 5.41) is 7.09. The highest BCUT2D eigenvalue weighted by molar-refractivity contribution is 5.94. The predicted molar refractivity (Wildman–Crippen MR) is 88.4 cm³/mol. The number of ether oxygens (including phenoxy) is 1. The average molecular weight is 307 g/mol. The van der Waals surface area contributed by atoms with Crippen molar-refractivity contribution < 1.29 is 9.53 Å². The molecule has 1 N–H and O–H groups in total. The van der Waals surface area contributed by atoms with Crippen LogP contribution in [0.4, 0.5) is 5.69 Å². The van der Waals surface area contributed by atoms with Crippen molar-refractivity contribution in [3.63, 3.8) is 0 Å². The molecule has 1 amide bonds. The molecule has 0 fully saturated rings. The Balaban J connectivity index is 1.74. The second-order valence-corrected chi connectivity index (χ2v) is 5.02. The molecule has 23 heavy (non-hydrogen) atoms. The molecule has 3 rings (SSSR count). The predicted octanol–water partition coefficient (Wildman–Crippen LogP) is 3.20. The van der Waals surface area contributed by atoms with Gasteiger partial charge in [0.1, 0.15) is 0 Å². The van der Waals surface area contributed by atoms with Crippen LogP contribution in [-0.4, -0.2) is 22.8 Å². The molecule has 0 bridgehead atoms. The van der Waals surface area contributed by atoms with Crippen LogP contribution in [-0.2, 0) is 9.53 Å². The van der Waals surface area contributed by atoms with Gasteiger partial charge in [-0.2, -0.15) is 5.10 Å². The van der Waals surface area contributed by atoms with E-state index in [1.165, 1.54) is 7.11 Å². The second-order valence-electron chi connectivity index (χ2n) is 5.02. The fraction of sp³-hybridized carbons (Fsp3) is 0.111. The van der Waals surface area contributed by atoms with Crippen LogP contribution in [0.1, 0.15) is 11.7 Å². The number of aromatic nitrogens is 2. The Hall–Kier alpha value is -2.92. The van der Waals surface area contributed by atoms with Crippen molar-refractivity contribution in [1.29, 1.82) is 0 Å². The third kappa shape index (κ3) is 3.46. The molecule has 0 aliphatic heterocycles. The van der Waals surface area contributed by atoms with E-state index >= 15 is 0 Å². The summed E-state index contributed by atoms with van der Waals surface area (Å²) in [5.41, 5.74) is 2.36. The van der Waals surface area contributed by atoms with Crippen LogP contribution in [0.2, 0.25) is 0 Å². The molecule has 5 nitrogen and oxygen atoms in total. The van der Waals surface area contributed by atoms with Crippen molar-refractivity contribution in [3.05, 3.63) is 78.6 Å². The Morgan fingerprint density at radius 1 is 1.09 bits per heavy atom. The van der Waals surface area contributed by atoms with Crippen molar-refractivity contribution in [2.75, 3.05) is 12.4 Å². The van der Waals surface area contributed by atoms with Gasteiger partial charge in [-0.15, -0.1) is 0 Å². The summed E-state index contributed by atoms with van der Waals surface area (Å²) in [7, 11) is 1.52. The number of nitrogens with zero attached hydrogens (tertiary/aromatic N) is 2. The van der Waals surface area contributed by atoms with E-state index in [4.69, 9.17) is 4.74 Å². The SMILES string of the molecule is COC(C(=O)Nc1cnn(-c2ccccc2)c1)c1ccccc1. The third-order valence-electron chi connectivity index (χ3n) is 3.45. The van der Waals surface area contributed by atoms with Gasteiger partial charge in [0.2, 0.25) is 0 Å². The van der Waals surface area contributed by atoms with Gasteiger partial charge in [0.05, 0.1) is 23.8 Å². The Bertz CT molecular complexity index is 769. The van der Waals surface area contributed by atoms with E-state index in [1.807, 2.05) is 60.7 Å². The number of para-hydroxylation sites is 1. The smallest absolute Gasteiger partial charge is 0.258 e. The fourth-order valence-corrected chi connectivity index (χ4v) is 2.34. The lowest BCUT2D eigenvalue weighted by atomic mass is 10.1. The van der Waals surface area contributed by atoms with Crippen molar-refractivity contribution in [2.24, 2.45) is 0 Å². The number of hydrogen-bond donors (Lipinski definition) is 1. The monoisotopic (exact) mass is 307 g/mol. The van der Waals surface area contributed by atoms with Crippen LogP contribution in [0.3, 0.4) is 0 Å². The van der Waals surface area contributed by atoms with E-state index in [0.29, 0.717) is 5.69 Å². The molecule has 0 saturated carbocycles. The van der Waals surface area contributed by atoms with Crippen molar-refractivity contribution in [3.8, 4) is 5.69 Å². The standard InChI is InChI=1S/C18H17N3O2/c1-23-17(14-8-4-2-5-9-14)18(22)20-15-12-19-21(13-15)16-10-6-3-7-11-16/h2-13,17H,1H3,(H,20,22). The van der Waals surface area contributed by atoms with Crippen LogP contribution in [0.15, 0.2) is 73.1 Å². The van der Waals surface area contributed by atoms with Crippen LogP contribution in [0.5, 0.6) is 0 Å². The van der Waals surface area contributed by atoms with Crippen LogP contribution < -0.4 is 5.32 Å². The fourth-order valence-electron chi connectivity index (χ4n) is 2.34. The number of nitrogens with one attached hydrogen (secondary N) is 1. The molecule has 0 radical (unpaired) electrons. The Kier molecular flexibility index (Phi) is 4.49. The molecule has 0 aliphatic rings. The lowest BCUT2D eigenvalue weighted by molar-refractivity contribution is -0.126. The topological polar surface area (TPSA) is 56.1 Å². The quantitative estimate of drug-likeness (QED) is 0.787. The van der Waals surface area contributed by atoms with E-state index in [1.54, 1.807) is 17.1 Å². The number of methoxy groups -OCH3 is 1. The van der Waals surface area contributed by atoms with Gasteiger partial charge in [-0.05, 0) is 17.7 Å². The van der Waals surface area contributed by atoms with Gasteiger partial charge in [-0.3, -0.25) is 4.79 Å². The molecule has 3 aromatic rings. The van der Waals surface area contributed by atoms with Gasteiger partial charge in [-0.25, -0.2) is 4.68 Å². The molecule has 5 heteroatoms. The van der Waals surface area contributed by atoms with Crippen LogP contribution >= 0.6 is 0 Å². The maximum absolute atomic E-state index is 12.4. The summed E-state index contributed by atoms with van der Waals surface area (Å²) in [6, 6.07) is 19.1. The summed E-state index contributed by atoms with van der Waals surface area (Å²) in [6.07, 6.45) is 2.73. The molecular weight excluding hydrogens is 290 g/mol. The lowest BCUT2D eigenvalue weighted by Crippen LogP contribution is -2.22. The molecule has 2 aromatic carbocycles. The maximum Gasteiger partial charge on any atom is 0.258 e. The Morgan fingerprint density at radius 2 is 1.74 bits per heavy atom. The van der Waals surface area contributed by atoms with Gasteiger partial charge in [-0.1, -0.05) is 48.5 Å². The molecule has 1 unspecified atom stereocenters. The van der Waals surface area contributed by atoms with Gasteiger partial charge < -0.3 is 10.1 Å². The minimum atomic E-state index is -0.656. The Morgan fingerprint density at radius 3 is 2.39 bits per heavy atom. The minimum Gasteiger partial charge on any atom is -0.367 e. The summed E-state index contributed by atoms with van der Waals surface area (Å²) in [5.74, 6) is -0.230. The molecule has 1 aromatic heterocycles. The number of benzene rings is 2. The van der Waals surface area contributed by atoms with Gasteiger partial charge in [0.15, 0.2) is 6.10 Å². The van der Waals surface area contributed by atoms with Gasteiger partial charge in [0, 0.05) is 7.11 Å². The maximum atomic E-state index is 12.4. The molecule has 1 atom stereocenters. The average Bonchev–Trinajstić information content (AvgIpc) is 3.06. The molecule has 0 saturated heterocycles. The zero-order valence-electron chi connectivity index (χ0n) is 12.7. The first-order chi connectivity index (χ1) is 11.3. The highest BCUT2D eigenvalue weighted by Crippen LogP contribution is 2.19. The number of carbonyl (C=O) groups excluding carboxylic acids is 1. The first-order valence-electron chi connectivity index (χ1n) is 7.26. The molecule has 0 aliphatic carbocycles. The zero-order chi connectivity index (χ0) is 16.1. The summed E-state index contributed by atoms with van der Waals surface area (Å²) in [4.78, 5) is 12.4. The largest absolute Gasteiger partial charge is 0.367 e. The first-order valence-corrected chi connectivity index (χ1v) is 7.26. The van der Waals surface area contributed by atoms with Gasteiger partial charge >= 0.3 is 0 Å². The normalized spacial score (nSPS) is 11.9. The van der Waals surface area contributed by atoms with E-state index in [9.17, 15) is 4.79 Å². The number of carbonyl (C=O) groups is 1. The van der Waals surface area contributed by atoms with Gasteiger partial charge in [0.25, 0.3) is 5.91 Å². The van der Waals surface area contributed by atoms with Crippen LogP contribution in [0, 0.1) is 0 Å². The number of anilines is 1. The molecule has 0 spiro atoms. The van der Waals surface area contributed by atoms with E-state index in [0.717, 1.165) is 11.3 Å². The zero-order valence-corrected chi connectivity index (χ0v) is 12.7. The van der Waals surface area contributed by atoms with Crippen molar-refractivity contribution >= 4 is 11.6 Å². The third-order valence-corrected chi connectivity index (χ3v) is 3.45. The van der Waals surface area contributed by atoms with E-state index in [2.05, 4.69) is 10.4 Å². The summed E-state index contributed by atoms with van der Waals surface area (Å²) in [6.45, 7) is 0. The van der Waals surface area contributed by atoms with E-state index < -0.39 is 6.10 Å². The molecule has 116 valence electrons. The number of hydrogen-bond acceptors (Lipinski definition) is 3. The van der Waals surface area contributed by atoms with E-state index in [-0.39, 0.29) is 5.91 Å². The Labute approximate surface area is 134 Å². The number of amides is 1. The van der Waals surface area contributed by atoms with Crippen LogP contribution in [0.25, 0.3) is 5.69 Å². The molecular formula is C18H17N3O2. The molecule has 1 heterocycles. The first kappa shape index (κ1) is 15.0. The minimum absolute atomic E-state index is 0.230. The lowest BCUT2D eigenvalue weighted by Gasteiger charge is -2.14. The second kappa shape index (κ2) is 6.89. The van der Waals surface area contributed by atoms with Crippen molar-refractivity contribution in [1.82, 2.24) is 9.78 Å². The highest BCUT2D eigenvalue weighted by Gasteiger charge is 2.20.